The van der Waals surface area contributed by atoms with Crippen LogP contribution in [0, 0.1) is 0 Å². The molecule has 0 saturated heterocycles. The molecule has 0 atom stereocenters. The predicted molar refractivity (Wildman–Crippen MR) is 111 cm³/mol. The van der Waals surface area contributed by atoms with Crippen LogP contribution in [0.1, 0.15) is 22.3 Å². The lowest BCUT2D eigenvalue weighted by Gasteiger charge is -2.37. The molecule has 4 aromatic carbocycles. The van der Waals surface area contributed by atoms with E-state index in [0.29, 0.717) is 11.1 Å². The molecule has 4 heteroatoms. The van der Waals surface area contributed by atoms with E-state index in [-0.39, 0.29) is 23.0 Å². The number of hydrogen-bond donors (Lipinski definition) is 4. The van der Waals surface area contributed by atoms with E-state index in [1.54, 1.807) is 12.1 Å². The van der Waals surface area contributed by atoms with Gasteiger partial charge in [0.25, 0.3) is 0 Å². The SMILES string of the molecule is Oc1ccc(C(c2ccccc2)(c2ccccc2)c2ccc(O)c(O)c2)cc1O. The minimum absolute atomic E-state index is 0.211. The summed E-state index contributed by atoms with van der Waals surface area (Å²) >= 11 is 0. The van der Waals surface area contributed by atoms with Crippen LogP contribution >= 0.6 is 0 Å². The van der Waals surface area contributed by atoms with Gasteiger partial charge in [0.15, 0.2) is 23.0 Å². The predicted octanol–water partition coefficient (Wildman–Crippen LogP) is 4.89. The lowest BCUT2D eigenvalue weighted by Crippen LogP contribution is -2.30. The summed E-state index contributed by atoms with van der Waals surface area (Å²) in [4.78, 5) is 0. The van der Waals surface area contributed by atoms with Crippen LogP contribution in [0.5, 0.6) is 23.0 Å². The highest BCUT2D eigenvalue weighted by Gasteiger charge is 2.39. The van der Waals surface area contributed by atoms with Crippen LogP contribution < -0.4 is 0 Å². The van der Waals surface area contributed by atoms with Crippen LogP contribution in [0.2, 0.25) is 0 Å². The molecule has 0 heterocycles. The third-order valence-electron chi connectivity index (χ3n) is 5.23. The quantitative estimate of drug-likeness (QED) is 0.298. The molecule has 0 aromatic heterocycles. The highest BCUT2D eigenvalue weighted by molar-refractivity contribution is 5.63. The van der Waals surface area contributed by atoms with Crippen molar-refractivity contribution in [3.8, 4) is 23.0 Å². The first-order chi connectivity index (χ1) is 14.0. The van der Waals surface area contributed by atoms with E-state index < -0.39 is 5.41 Å². The first-order valence-electron chi connectivity index (χ1n) is 9.19. The van der Waals surface area contributed by atoms with Gasteiger partial charge in [0, 0.05) is 0 Å². The number of aromatic hydroxyl groups is 4. The van der Waals surface area contributed by atoms with Crippen LogP contribution in [0.3, 0.4) is 0 Å². The molecule has 144 valence electrons. The van der Waals surface area contributed by atoms with Crippen LogP contribution in [0.15, 0.2) is 97.1 Å². The fraction of sp³-hybridized carbons (Fsp3) is 0.0400. The van der Waals surface area contributed by atoms with E-state index in [1.165, 1.54) is 24.3 Å². The lowest BCUT2D eigenvalue weighted by molar-refractivity contribution is 0.401. The molecule has 4 rings (SSSR count). The van der Waals surface area contributed by atoms with E-state index in [4.69, 9.17) is 0 Å². The number of hydrogen-bond acceptors (Lipinski definition) is 4. The molecule has 0 amide bonds. The average Bonchev–Trinajstić information content (AvgIpc) is 2.75. The Morgan fingerprint density at radius 3 is 1.10 bits per heavy atom. The molecule has 0 fully saturated rings. The van der Waals surface area contributed by atoms with E-state index in [2.05, 4.69) is 0 Å². The Balaban J connectivity index is 2.16. The van der Waals surface area contributed by atoms with Crippen molar-refractivity contribution in [2.45, 2.75) is 5.41 Å². The Hall–Kier alpha value is -3.92. The highest BCUT2D eigenvalue weighted by atomic mass is 16.3. The van der Waals surface area contributed by atoms with Gasteiger partial charge in [0.05, 0.1) is 5.41 Å². The van der Waals surface area contributed by atoms with Gasteiger partial charge in [-0.3, -0.25) is 0 Å². The minimum atomic E-state index is -0.904. The Morgan fingerprint density at radius 2 is 0.759 bits per heavy atom. The van der Waals surface area contributed by atoms with Crippen molar-refractivity contribution in [2.24, 2.45) is 0 Å². The van der Waals surface area contributed by atoms with Gasteiger partial charge in [-0.25, -0.2) is 0 Å². The Kier molecular flexibility index (Phi) is 4.61. The summed E-state index contributed by atoms with van der Waals surface area (Å²) in [6.07, 6.45) is 0. The van der Waals surface area contributed by atoms with E-state index in [9.17, 15) is 20.4 Å². The topological polar surface area (TPSA) is 80.9 Å². The summed E-state index contributed by atoms with van der Waals surface area (Å²) in [5, 5.41) is 40.3. The zero-order valence-electron chi connectivity index (χ0n) is 15.5. The Bertz CT molecular complexity index is 1050. The molecule has 0 radical (unpaired) electrons. The molecule has 0 spiro atoms. The summed E-state index contributed by atoms with van der Waals surface area (Å²) < 4.78 is 0. The molecule has 0 aliphatic carbocycles. The molecular weight excluding hydrogens is 364 g/mol. The molecular formula is C25H20O4. The van der Waals surface area contributed by atoms with Crippen molar-refractivity contribution < 1.29 is 20.4 Å². The standard InChI is InChI=1S/C25H20O4/c26-21-13-11-19(15-23(21)28)25(17-7-3-1-4-8-17,18-9-5-2-6-10-18)20-12-14-22(27)24(29)16-20/h1-16,26-29H. The zero-order chi connectivity index (χ0) is 20.4. The number of phenols is 4. The fourth-order valence-corrected chi connectivity index (χ4v) is 3.89. The summed E-state index contributed by atoms with van der Waals surface area (Å²) in [5.41, 5.74) is 2.31. The number of phenolic OH excluding ortho intramolecular Hbond substituents is 4. The third-order valence-corrected chi connectivity index (χ3v) is 5.23. The average molecular weight is 384 g/mol. The molecule has 0 aliphatic rings. The van der Waals surface area contributed by atoms with Crippen molar-refractivity contribution in [3.05, 3.63) is 119 Å². The van der Waals surface area contributed by atoms with Crippen LogP contribution in [-0.2, 0) is 5.41 Å². The van der Waals surface area contributed by atoms with Crippen LogP contribution in [0.4, 0.5) is 0 Å². The smallest absolute Gasteiger partial charge is 0.157 e. The molecule has 0 aliphatic heterocycles. The van der Waals surface area contributed by atoms with Crippen LogP contribution in [0.25, 0.3) is 0 Å². The molecule has 4 N–H and O–H groups in total. The van der Waals surface area contributed by atoms with E-state index in [1.807, 2.05) is 60.7 Å². The first kappa shape index (κ1) is 18.4. The maximum atomic E-state index is 10.3. The van der Waals surface area contributed by atoms with Gasteiger partial charge in [0.2, 0.25) is 0 Å². The van der Waals surface area contributed by atoms with Gasteiger partial charge in [-0.15, -0.1) is 0 Å². The van der Waals surface area contributed by atoms with Gasteiger partial charge in [0.1, 0.15) is 0 Å². The van der Waals surface area contributed by atoms with Gasteiger partial charge >= 0.3 is 0 Å². The molecule has 4 nitrogen and oxygen atoms in total. The van der Waals surface area contributed by atoms with E-state index >= 15 is 0 Å². The fourth-order valence-electron chi connectivity index (χ4n) is 3.89. The normalized spacial score (nSPS) is 11.3. The van der Waals surface area contributed by atoms with Crippen molar-refractivity contribution in [3.63, 3.8) is 0 Å². The monoisotopic (exact) mass is 384 g/mol. The summed E-state index contributed by atoms with van der Waals surface area (Å²) in [7, 11) is 0. The van der Waals surface area contributed by atoms with Crippen molar-refractivity contribution in [1.82, 2.24) is 0 Å². The lowest BCUT2D eigenvalue weighted by atomic mass is 9.65. The highest BCUT2D eigenvalue weighted by Crippen LogP contribution is 2.48. The number of rotatable bonds is 4. The zero-order valence-corrected chi connectivity index (χ0v) is 15.5. The van der Waals surface area contributed by atoms with Crippen molar-refractivity contribution >= 4 is 0 Å². The van der Waals surface area contributed by atoms with Crippen LogP contribution in [-0.4, -0.2) is 20.4 Å². The summed E-state index contributed by atoms with van der Waals surface area (Å²) in [6.45, 7) is 0. The second-order valence-electron chi connectivity index (χ2n) is 6.89. The maximum absolute atomic E-state index is 10.3. The van der Waals surface area contributed by atoms with Crippen molar-refractivity contribution in [1.29, 1.82) is 0 Å². The minimum Gasteiger partial charge on any atom is -0.504 e. The van der Waals surface area contributed by atoms with Gasteiger partial charge in [-0.05, 0) is 46.5 Å². The van der Waals surface area contributed by atoms with E-state index in [0.717, 1.165) is 11.1 Å². The number of benzene rings is 4. The Labute approximate surface area is 168 Å². The second kappa shape index (κ2) is 7.24. The molecule has 0 unspecified atom stereocenters. The first-order valence-corrected chi connectivity index (χ1v) is 9.19. The summed E-state index contributed by atoms with van der Waals surface area (Å²) in [5.74, 6) is -0.891. The molecule has 4 aromatic rings. The molecule has 29 heavy (non-hydrogen) atoms. The summed E-state index contributed by atoms with van der Waals surface area (Å²) in [6, 6.07) is 28.9. The Morgan fingerprint density at radius 1 is 0.379 bits per heavy atom. The second-order valence-corrected chi connectivity index (χ2v) is 6.89. The van der Waals surface area contributed by atoms with Gasteiger partial charge < -0.3 is 20.4 Å². The maximum Gasteiger partial charge on any atom is 0.157 e. The van der Waals surface area contributed by atoms with Crippen molar-refractivity contribution in [2.75, 3.05) is 0 Å². The molecule has 0 saturated carbocycles. The van der Waals surface area contributed by atoms with Gasteiger partial charge in [-0.2, -0.15) is 0 Å². The van der Waals surface area contributed by atoms with Gasteiger partial charge in [-0.1, -0.05) is 72.8 Å². The third kappa shape index (κ3) is 3.05. The largest absolute Gasteiger partial charge is 0.504 e. The molecule has 0 bridgehead atoms.